The van der Waals surface area contributed by atoms with Crippen LogP contribution in [0.5, 0.6) is 5.75 Å². The number of rotatable bonds is 9. The lowest BCUT2D eigenvalue weighted by Gasteiger charge is -2.16. The molecule has 1 aromatic carbocycles. The number of guanidine groups is 1. The third kappa shape index (κ3) is 8.67. The van der Waals surface area contributed by atoms with Crippen LogP contribution in [-0.4, -0.2) is 69.1 Å². The molecule has 1 aromatic rings. The summed E-state index contributed by atoms with van der Waals surface area (Å²) in [6.45, 7) is 3.82. The lowest BCUT2D eigenvalue weighted by molar-refractivity contribution is -0.127. The van der Waals surface area contributed by atoms with Gasteiger partial charge in [-0.15, -0.1) is 0 Å². The smallest absolute Gasteiger partial charge is 0.243 e. The maximum atomic E-state index is 11.7. The lowest BCUT2D eigenvalue weighted by atomic mass is 10.1. The number of hydrogen-bond acceptors (Lipinski definition) is 4. The van der Waals surface area contributed by atoms with E-state index in [1.54, 1.807) is 37.9 Å². The second-order valence-electron chi connectivity index (χ2n) is 5.91. The minimum absolute atomic E-state index is 0.0193. The second-order valence-corrected chi connectivity index (χ2v) is 7.18. The predicted octanol–water partition coefficient (Wildman–Crippen LogP) is 1.61. The van der Waals surface area contributed by atoms with Crippen molar-refractivity contribution in [3.05, 3.63) is 29.8 Å². The van der Waals surface area contributed by atoms with Gasteiger partial charge in [0.15, 0.2) is 5.96 Å². The summed E-state index contributed by atoms with van der Waals surface area (Å²) in [5.41, 5.74) is 1.22. The van der Waals surface area contributed by atoms with Gasteiger partial charge in [0.25, 0.3) is 0 Å². The molecule has 140 valence electrons. The van der Waals surface area contributed by atoms with E-state index in [-0.39, 0.29) is 12.5 Å². The standard InChI is InChI=1S/C18H30N4O2S/c1-14(25-5)12-20-18(21-13-17(23)22(2)3)19-11-10-15-6-8-16(24-4)9-7-15/h6-9,14H,10-13H2,1-5H3,(H2,19,20,21). The summed E-state index contributed by atoms with van der Waals surface area (Å²) in [5, 5.41) is 7.07. The maximum absolute atomic E-state index is 11.7. The van der Waals surface area contributed by atoms with E-state index in [1.165, 1.54) is 5.56 Å². The summed E-state index contributed by atoms with van der Waals surface area (Å²) in [4.78, 5) is 17.7. The van der Waals surface area contributed by atoms with Gasteiger partial charge in [0.2, 0.25) is 5.91 Å². The van der Waals surface area contributed by atoms with Crippen molar-refractivity contribution in [1.82, 2.24) is 15.5 Å². The van der Waals surface area contributed by atoms with E-state index in [1.807, 2.05) is 12.1 Å². The van der Waals surface area contributed by atoms with Crippen molar-refractivity contribution >= 4 is 23.6 Å². The average Bonchev–Trinajstić information content (AvgIpc) is 2.63. The molecule has 1 rings (SSSR count). The van der Waals surface area contributed by atoms with Gasteiger partial charge in [-0.25, -0.2) is 4.99 Å². The number of nitrogens with one attached hydrogen (secondary N) is 2. The number of benzene rings is 1. The largest absolute Gasteiger partial charge is 0.497 e. The SMILES string of the molecule is COc1ccc(CCNC(=NCC(=O)N(C)C)NCC(C)SC)cc1. The Kier molecular flexibility index (Phi) is 9.84. The molecule has 0 aliphatic rings. The maximum Gasteiger partial charge on any atom is 0.243 e. The average molecular weight is 367 g/mol. The van der Waals surface area contributed by atoms with Crippen molar-refractivity contribution in [2.45, 2.75) is 18.6 Å². The molecular weight excluding hydrogens is 336 g/mol. The van der Waals surface area contributed by atoms with Crippen molar-refractivity contribution in [1.29, 1.82) is 0 Å². The molecule has 25 heavy (non-hydrogen) atoms. The topological polar surface area (TPSA) is 66.0 Å². The van der Waals surface area contributed by atoms with E-state index >= 15 is 0 Å². The first-order valence-corrected chi connectivity index (χ1v) is 9.63. The minimum Gasteiger partial charge on any atom is -0.497 e. The number of aliphatic imine (C=N–C) groups is 1. The highest BCUT2D eigenvalue weighted by Crippen LogP contribution is 2.11. The van der Waals surface area contributed by atoms with Gasteiger partial charge in [-0.05, 0) is 30.4 Å². The van der Waals surface area contributed by atoms with Gasteiger partial charge < -0.3 is 20.3 Å². The van der Waals surface area contributed by atoms with Gasteiger partial charge in [-0.3, -0.25) is 4.79 Å². The van der Waals surface area contributed by atoms with E-state index in [9.17, 15) is 4.79 Å². The molecule has 7 heteroatoms. The summed E-state index contributed by atoms with van der Waals surface area (Å²) in [6, 6.07) is 8.02. The Balaban J connectivity index is 2.55. The van der Waals surface area contributed by atoms with Gasteiger partial charge in [0.05, 0.1) is 7.11 Å². The zero-order chi connectivity index (χ0) is 18.7. The quantitative estimate of drug-likeness (QED) is 0.513. The molecule has 1 amide bonds. The molecule has 0 bridgehead atoms. The number of nitrogens with zero attached hydrogens (tertiary/aromatic N) is 2. The predicted molar refractivity (Wildman–Crippen MR) is 107 cm³/mol. The Hall–Kier alpha value is -1.89. The first-order chi connectivity index (χ1) is 12.0. The van der Waals surface area contributed by atoms with Crippen LogP contribution >= 0.6 is 11.8 Å². The zero-order valence-corrected chi connectivity index (χ0v) is 16.7. The fraction of sp³-hybridized carbons (Fsp3) is 0.556. The normalized spacial score (nSPS) is 12.4. The minimum atomic E-state index is -0.0193. The second kappa shape index (κ2) is 11.6. The Morgan fingerprint density at radius 3 is 2.52 bits per heavy atom. The number of carbonyl (C=O) groups is 1. The van der Waals surface area contributed by atoms with Crippen molar-refractivity contribution in [3.63, 3.8) is 0 Å². The van der Waals surface area contributed by atoms with E-state index in [0.29, 0.717) is 11.2 Å². The lowest BCUT2D eigenvalue weighted by Crippen LogP contribution is -2.41. The van der Waals surface area contributed by atoms with E-state index < -0.39 is 0 Å². The van der Waals surface area contributed by atoms with Crippen molar-refractivity contribution in [2.75, 3.05) is 47.1 Å². The Bertz CT molecular complexity index is 547. The summed E-state index contributed by atoms with van der Waals surface area (Å²) in [6.07, 6.45) is 2.94. The molecule has 0 saturated carbocycles. The molecule has 0 aliphatic heterocycles. The summed E-state index contributed by atoms with van der Waals surface area (Å²) < 4.78 is 5.17. The first kappa shape index (κ1) is 21.2. The van der Waals surface area contributed by atoms with Crippen molar-refractivity contribution in [3.8, 4) is 5.75 Å². The fourth-order valence-corrected chi connectivity index (χ4v) is 2.15. The molecule has 2 N–H and O–H groups in total. The molecule has 0 radical (unpaired) electrons. The van der Waals surface area contributed by atoms with Gasteiger partial charge in [0, 0.05) is 32.4 Å². The highest BCUT2D eigenvalue weighted by Gasteiger charge is 2.06. The Morgan fingerprint density at radius 2 is 1.96 bits per heavy atom. The number of ether oxygens (including phenoxy) is 1. The molecule has 0 saturated heterocycles. The number of likely N-dealkylation sites (N-methyl/N-ethyl adjacent to an activating group) is 1. The number of hydrogen-bond donors (Lipinski definition) is 2. The first-order valence-electron chi connectivity index (χ1n) is 8.34. The molecule has 0 aromatic heterocycles. The van der Waals surface area contributed by atoms with Crippen LogP contribution in [0.15, 0.2) is 29.3 Å². The fourth-order valence-electron chi connectivity index (χ4n) is 1.90. The number of amides is 1. The zero-order valence-electron chi connectivity index (χ0n) is 15.8. The number of thioether (sulfide) groups is 1. The highest BCUT2D eigenvalue weighted by molar-refractivity contribution is 7.99. The Labute approximate surface area is 155 Å². The summed E-state index contributed by atoms with van der Waals surface area (Å²) >= 11 is 1.79. The summed E-state index contributed by atoms with van der Waals surface area (Å²) in [7, 11) is 5.13. The molecule has 1 unspecified atom stereocenters. The van der Waals surface area contributed by atoms with Crippen LogP contribution in [-0.2, 0) is 11.2 Å². The molecule has 1 atom stereocenters. The van der Waals surface area contributed by atoms with Crippen LogP contribution < -0.4 is 15.4 Å². The molecule has 0 aliphatic carbocycles. The highest BCUT2D eigenvalue weighted by atomic mass is 32.2. The Morgan fingerprint density at radius 1 is 1.28 bits per heavy atom. The van der Waals surface area contributed by atoms with Crippen LogP contribution in [0.1, 0.15) is 12.5 Å². The molecule has 6 nitrogen and oxygen atoms in total. The number of methoxy groups -OCH3 is 1. The van der Waals surface area contributed by atoms with Gasteiger partial charge in [-0.1, -0.05) is 19.1 Å². The third-order valence-electron chi connectivity index (χ3n) is 3.70. The molecule has 0 spiro atoms. The van der Waals surface area contributed by atoms with E-state index in [2.05, 4.69) is 40.9 Å². The summed E-state index contributed by atoms with van der Waals surface area (Å²) in [5.74, 6) is 1.51. The van der Waals surface area contributed by atoms with E-state index in [0.717, 1.165) is 25.3 Å². The monoisotopic (exact) mass is 366 g/mol. The van der Waals surface area contributed by atoms with Crippen molar-refractivity contribution in [2.24, 2.45) is 4.99 Å². The molecule has 0 heterocycles. The van der Waals surface area contributed by atoms with E-state index in [4.69, 9.17) is 4.74 Å². The van der Waals surface area contributed by atoms with Crippen LogP contribution in [0.4, 0.5) is 0 Å². The third-order valence-corrected chi connectivity index (χ3v) is 4.67. The van der Waals surface area contributed by atoms with Gasteiger partial charge in [0.1, 0.15) is 12.3 Å². The van der Waals surface area contributed by atoms with Crippen LogP contribution in [0, 0.1) is 0 Å². The number of carbonyl (C=O) groups excluding carboxylic acids is 1. The van der Waals surface area contributed by atoms with Crippen LogP contribution in [0.2, 0.25) is 0 Å². The van der Waals surface area contributed by atoms with Gasteiger partial charge >= 0.3 is 0 Å². The van der Waals surface area contributed by atoms with Crippen LogP contribution in [0.25, 0.3) is 0 Å². The molecular formula is C18H30N4O2S. The van der Waals surface area contributed by atoms with Crippen LogP contribution in [0.3, 0.4) is 0 Å². The van der Waals surface area contributed by atoms with Crippen molar-refractivity contribution < 1.29 is 9.53 Å². The molecule has 0 fully saturated rings. The van der Waals surface area contributed by atoms with Gasteiger partial charge in [-0.2, -0.15) is 11.8 Å².